The predicted molar refractivity (Wildman–Crippen MR) is 102 cm³/mol. The Labute approximate surface area is 155 Å². The van der Waals surface area contributed by atoms with Crippen LogP contribution in [0, 0.1) is 17.0 Å². The van der Waals surface area contributed by atoms with Gasteiger partial charge in [0.2, 0.25) is 0 Å². The Morgan fingerprint density at radius 3 is 2.85 bits per heavy atom. The van der Waals surface area contributed by atoms with Gasteiger partial charge in [-0.1, -0.05) is 6.07 Å². The average molecular weight is 384 g/mol. The Morgan fingerprint density at radius 2 is 2.15 bits per heavy atom. The number of carbonyl (C=O) groups excluding carboxylic acids is 1. The van der Waals surface area contributed by atoms with Gasteiger partial charge < -0.3 is 5.32 Å². The first-order valence-electron chi connectivity index (χ1n) is 7.60. The Balaban J connectivity index is 1.63. The van der Waals surface area contributed by atoms with Gasteiger partial charge in [0.05, 0.1) is 9.80 Å². The van der Waals surface area contributed by atoms with E-state index in [0.29, 0.717) is 16.9 Å². The van der Waals surface area contributed by atoms with Crippen LogP contribution in [0.2, 0.25) is 0 Å². The van der Waals surface area contributed by atoms with Crippen LogP contribution in [0.4, 0.5) is 11.4 Å². The minimum atomic E-state index is -0.460. The number of non-ortho nitro benzene ring substituents is 1. The van der Waals surface area contributed by atoms with Crippen molar-refractivity contribution in [3.8, 4) is 10.6 Å². The molecule has 1 N–H and O–H groups in total. The van der Waals surface area contributed by atoms with E-state index in [0.717, 1.165) is 15.5 Å². The second-order valence-corrected chi connectivity index (χ2v) is 7.37. The van der Waals surface area contributed by atoms with Gasteiger partial charge in [0, 0.05) is 29.4 Å². The number of anilines is 1. The van der Waals surface area contributed by atoms with Gasteiger partial charge in [-0.15, -0.1) is 22.7 Å². The molecule has 3 heterocycles. The number of hydrogen-bond donors (Lipinski definition) is 1. The number of hydrogen-bond acceptors (Lipinski definition) is 6. The molecule has 0 aliphatic carbocycles. The van der Waals surface area contributed by atoms with Crippen molar-refractivity contribution in [1.29, 1.82) is 0 Å². The highest BCUT2D eigenvalue weighted by Crippen LogP contribution is 2.28. The largest absolute Gasteiger partial charge is 0.320 e. The normalized spacial score (nSPS) is 11.0. The summed E-state index contributed by atoms with van der Waals surface area (Å²) in [7, 11) is 0. The Bertz CT molecular complexity index is 1130. The van der Waals surface area contributed by atoms with Crippen molar-refractivity contribution >= 4 is 44.9 Å². The molecule has 0 aliphatic rings. The highest BCUT2D eigenvalue weighted by Gasteiger charge is 2.17. The predicted octanol–water partition coefficient (Wildman–Crippen LogP) is 4.59. The molecule has 0 atom stereocenters. The molecule has 0 unspecified atom stereocenters. The molecule has 0 fully saturated rings. The molecule has 1 aromatic carbocycles. The fourth-order valence-corrected chi connectivity index (χ4v) is 4.11. The first-order valence-corrected chi connectivity index (χ1v) is 9.36. The third-order valence-electron chi connectivity index (χ3n) is 3.88. The highest BCUT2D eigenvalue weighted by molar-refractivity contribution is 7.15. The van der Waals surface area contributed by atoms with Crippen LogP contribution in [0.1, 0.15) is 16.1 Å². The number of amides is 1. The van der Waals surface area contributed by atoms with E-state index in [-0.39, 0.29) is 11.6 Å². The third-order valence-corrected chi connectivity index (χ3v) is 5.62. The topological polar surface area (TPSA) is 89.5 Å². The van der Waals surface area contributed by atoms with Gasteiger partial charge in [-0.25, -0.2) is 4.98 Å². The number of thiazole rings is 1. The Hall–Kier alpha value is -3.04. The number of aryl methyl sites for hydroxylation is 1. The van der Waals surface area contributed by atoms with E-state index in [1.165, 1.54) is 23.5 Å². The van der Waals surface area contributed by atoms with Gasteiger partial charge in [0.25, 0.3) is 11.6 Å². The lowest BCUT2D eigenvalue weighted by molar-refractivity contribution is -0.384. The Kier molecular flexibility index (Phi) is 4.02. The molecule has 9 heteroatoms. The number of nitro benzene ring substituents is 1. The minimum absolute atomic E-state index is 0.00591. The summed E-state index contributed by atoms with van der Waals surface area (Å²) in [6.45, 7) is 1.72. The second-order valence-electron chi connectivity index (χ2n) is 5.59. The van der Waals surface area contributed by atoms with Crippen LogP contribution in [0.5, 0.6) is 0 Å². The van der Waals surface area contributed by atoms with Crippen LogP contribution >= 0.6 is 22.7 Å². The molecule has 26 heavy (non-hydrogen) atoms. The SMILES string of the molecule is Cc1cc([N+](=O)[O-])ccc1NC(=O)c1csc2nc(-c3cccs3)cn12. The molecule has 0 bridgehead atoms. The Morgan fingerprint density at radius 1 is 1.31 bits per heavy atom. The van der Waals surface area contributed by atoms with Gasteiger partial charge in [-0.05, 0) is 30.0 Å². The minimum Gasteiger partial charge on any atom is -0.320 e. The molecule has 0 saturated heterocycles. The highest BCUT2D eigenvalue weighted by atomic mass is 32.1. The molecule has 1 amide bonds. The van der Waals surface area contributed by atoms with E-state index >= 15 is 0 Å². The molecule has 130 valence electrons. The van der Waals surface area contributed by atoms with E-state index in [9.17, 15) is 14.9 Å². The van der Waals surface area contributed by atoms with Gasteiger partial charge in [-0.2, -0.15) is 0 Å². The third kappa shape index (κ3) is 2.87. The molecule has 0 spiro atoms. The smallest absolute Gasteiger partial charge is 0.273 e. The van der Waals surface area contributed by atoms with Crippen LogP contribution in [-0.4, -0.2) is 20.2 Å². The van der Waals surface area contributed by atoms with Crippen molar-refractivity contribution in [2.45, 2.75) is 6.92 Å². The standard InChI is InChI=1S/C17H12N4O3S2/c1-10-7-11(21(23)24)4-5-12(10)18-16(22)14-9-26-17-19-13(8-20(14)17)15-3-2-6-25-15/h2-9H,1H3,(H,18,22). The lowest BCUT2D eigenvalue weighted by atomic mass is 10.2. The monoisotopic (exact) mass is 384 g/mol. The van der Waals surface area contributed by atoms with Crippen LogP contribution in [0.15, 0.2) is 47.3 Å². The molecule has 3 aromatic heterocycles. The first kappa shape index (κ1) is 16.4. The summed E-state index contributed by atoms with van der Waals surface area (Å²) in [5.74, 6) is -0.289. The van der Waals surface area contributed by atoms with Crippen molar-refractivity contribution in [3.63, 3.8) is 0 Å². The number of carbonyl (C=O) groups is 1. The number of rotatable bonds is 4. The summed E-state index contributed by atoms with van der Waals surface area (Å²) in [5, 5.41) is 17.4. The van der Waals surface area contributed by atoms with Gasteiger partial charge in [0.1, 0.15) is 11.4 Å². The number of benzene rings is 1. The lowest BCUT2D eigenvalue weighted by Gasteiger charge is -2.07. The zero-order valence-electron chi connectivity index (χ0n) is 13.5. The zero-order chi connectivity index (χ0) is 18.3. The van der Waals surface area contributed by atoms with Crippen molar-refractivity contribution < 1.29 is 9.72 Å². The summed E-state index contributed by atoms with van der Waals surface area (Å²) in [5.41, 5.74) is 2.46. The van der Waals surface area contributed by atoms with Crippen LogP contribution < -0.4 is 5.32 Å². The van der Waals surface area contributed by atoms with E-state index in [1.807, 2.05) is 23.7 Å². The maximum absolute atomic E-state index is 12.7. The molecule has 4 aromatic rings. The molecule has 0 saturated carbocycles. The number of nitrogens with zero attached hydrogens (tertiary/aromatic N) is 3. The number of thiophene rings is 1. The number of imidazole rings is 1. The lowest BCUT2D eigenvalue weighted by Crippen LogP contribution is -2.14. The number of nitro groups is 1. The molecule has 4 rings (SSSR count). The van der Waals surface area contributed by atoms with Gasteiger partial charge >= 0.3 is 0 Å². The fraction of sp³-hybridized carbons (Fsp3) is 0.0588. The second kappa shape index (κ2) is 6.36. The number of fused-ring (bicyclic) bond motifs is 1. The van der Waals surface area contributed by atoms with Crippen LogP contribution in [0.3, 0.4) is 0 Å². The molecule has 0 radical (unpaired) electrons. The van der Waals surface area contributed by atoms with E-state index < -0.39 is 4.92 Å². The summed E-state index contributed by atoms with van der Waals surface area (Å²) in [6, 6.07) is 8.29. The van der Waals surface area contributed by atoms with Crippen LogP contribution in [-0.2, 0) is 0 Å². The molecular weight excluding hydrogens is 372 g/mol. The van der Waals surface area contributed by atoms with Crippen LogP contribution in [0.25, 0.3) is 15.5 Å². The summed E-state index contributed by atoms with van der Waals surface area (Å²) in [6.07, 6.45) is 1.84. The number of aromatic nitrogens is 2. The molecular formula is C17H12N4O3S2. The first-order chi connectivity index (χ1) is 12.5. The summed E-state index contributed by atoms with van der Waals surface area (Å²) >= 11 is 2.98. The van der Waals surface area contributed by atoms with E-state index in [1.54, 1.807) is 34.1 Å². The maximum Gasteiger partial charge on any atom is 0.273 e. The summed E-state index contributed by atoms with van der Waals surface area (Å²) in [4.78, 5) is 29.4. The average Bonchev–Trinajstić information content (AvgIpc) is 3.32. The quantitative estimate of drug-likeness (QED) is 0.411. The van der Waals surface area contributed by atoms with Crippen molar-refractivity contribution in [3.05, 3.63) is 68.7 Å². The van der Waals surface area contributed by atoms with Gasteiger partial charge in [-0.3, -0.25) is 19.3 Å². The van der Waals surface area contributed by atoms with E-state index in [4.69, 9.17) is 0 Å². The fourth-order valence-electron chi connectivity index (χ4n) is 2.58. The molecule has 7 nitrogen and oxygen atoms in total. The number of nitrogens with one attached hydrogen (secondary N) is 1. The molecule has 0 aliphatic heterocycles. The van der Waals surface area contributed by atoms with E-state index in [2.05, 4.69) is 10.3 Å². The summed E-state index contributed by atoms with van der Waals surface area (Å²) < 4.78 is 1.76. The zero-order valence-corrected chi connectivity index (χ0v) is 15.1. The maximum atomic E-state index is 12.7. The van der Waals surface area contributed by atoms with Crippen molar-refractivity contribution in [2.24, 2.45) is 0 Å². The van der Waals surface area contributed by atoms with Crippen molar-refractivity contribution in [1.82, 2.24) is 9.38 Å². The van der Waals surface area contributed by atoms with Gasteiger partial charge in [0.15, 0.2) is 4.96 Å². The van der Waals surface area contributed by atoms with Crippen molar-refractivity contribution in [2.75, 3.05) is 5.32 Å².